The van der Waals surface area contributed by atoms with Crippen molar-refractivity contribution in [3.8, 4) is 22.7 Å². The summed E-state index contributed by atoms with van der Waals surface area (Å²) in [5.41, 5.74) is 4.08. The van der Waals surface area contributed by atoms with Gasteiger partial charge in [0.05, 0.1) is 11.8 Å². The van der Waals surface area contributed by atoms with E-state index >= 15 is 0 Å². The summed E-state index contributed by atoms with van der Waals surface area (Å²) in [6, 6.07) is 21.9. The lowest BCUT2D eigenvalue weighted by Gasteiger charge is -2.23. The molecule has 0 bridgehead atoms. The predicted octanol–water partition coefficient (Wildman–Crippen LogP) is 6.72. The number of benzene rings is 3. The Morgan fingerprint density at radius 1 is 1.03 bits per heavy atom. The minimum Gasteiger partial charge on any atom is -0.491 e. The summed E-state index contributed by atoms with van der Waals surface area (Å²) < 4.78 is 28.4. The van der Waals surface area contributed by atoms with Gasteiger partial charge in [0.2, 0.25) is 0 Å². The molecule has 3 aromatic carbocycles. The van der Waals surface area contributed by atoms with Gasteiger partial charge in [-0.15, -0.1) is 0 Å². The second kappa shape index (κ2) is 11.1. The summed E-state index contributed by atoms with van der Waals surface area (Å²) in [5, 5.41) is 4.84. The van der Waals surface area contributed by atoms with Crippen LogP contribution in [0, 0.1) is 5.82 Å². The molecular formula is C30H29BrFN3O3. The first kappa shape index (κ1) is 26.1. The lowest BCUT2D eigenvalue weighted by Crippen LogP contribution is -2.32. The normalized spacial score (nSPS) is 17.4. The highest BCUT2D eigenvalue weighted by Gasteiger charge is 2.40. The molecule has 2 atom stereocenters. The highest BCUT2D eigenvalue weighted by molar-refractivity contribution is 9.10. The van der Waals surface area contributed by atoms with Crippen LogP contribution in [0.1, 0.15) is 38.1 Å². The van der Waals surface area contributed by atoms with Crippen LogP contribution in [0.5, 0.6) is 5.75 Å². The monoisotopic (exact) mass is 577 g/mol. The summed E-state index contributed by atoms with van der Waals surface area (Å²) in [7, 11) is 0. The van der Waals surface area contributed by atoms with Gasteiger partial charge in [-0.05, 0) is 93.4 Å². The van der Waals surface area contributed by atoms with Crippen LogP contribution in [-0.4, -0.2) is 39.3 Å². The number of carbonyl (C=O) groups is 1. The molecule has 1 aromatic heterocycles. The highest BCUT2D eigenvalue weighted by atomic mass is 79.9. The number of rotatable bonds is 8. The van der Waals surface area contributed by atoms with Crippen molar-refractivity contribution < 1.29 is 18.7 Å². The number of ether oxygens (including phenoxy) is 2. The van der Waals surface area contributed by atoms with Crippen molar-refractivity contribution in [2.45, 2.75) is 45.6 Å². The quantitative estimate of drug-likeness (QED) is 0.233. The smallest absolute Gasteiger partial charge is 0.253 e. The first-order valence-electron chi connectivity index (χ1n) is 12.6. The predicted molar refractivity (Wildman–Crippen MR) is 148 cm³/mol. The molecule has 1 amide bonds. The number of hydrogen-bond acceptors (Lipinski definition) is 4. The average Bonchev–Trinajstić information content (AvgIpc) is 3.45. The Hall–Kier alpha value is -3.49. The van der Waals surface area contributed by atoms with Gasteiger partial charge in [0.15, 0.2) is 6.23 Å². The number of halogens is 2. The van der Waals surface area contributed by atoms with Gasteiger partial charge in [-0.2, -0.15) is 5.10 Å². The van der Waals surface area contributed by atoms with Crippen molar-refractivity contribution in [1.29, 1.82) is 0 Å². The van der Waals surface area contributed by atoms with Gasteiger partial charge < -0.3 is 14.4 Å². The van der Waals surface area contributed by atoms with Crippen LogP contribution in [0.15, 0.2) is 83.5 Å². The third-order valence-corrected chi connectivity index (χ3v) is 6.93. The Balaban J connectivity index is 1.46. The maximum Gasteiger partial charge on any atom is 0.253 e. The molecule has 2 heterocycles. The molecule has 0 aliphatic carbocycles. The largest absolute Gasteiger partial charge is 0.491 e. The molecule has 0 spiro atoms. The van der Waals surface area contributed by atoms with Crippen LogP contribution >= 0.6 is 15.9 Å². The molecule has 38 heavy (non-hydrogen) atoms. The van der Waals surface area contributed by atoms with Crippen molar-refractivity contribution in [3.63, 3.8) is 0 Å². The summed E-state index contributed by atoms with van der Waals surface area (Å²) in [5.74, 6) is 0.423. The molecule has 196 valence electrons. The first-order valence-corrected chi connectivity index (χ1v) is 13.4. The summed E-state index contributed by atoms with van der Waals surface area (Å²) in [6.45, 7) is 6.23. The Morgan fingerprint density at radius 3 is 2.37 bits per heavy atom. The summed E-state index contributed by atoms with van der Waals surface area (Å²) in [4.78, 5) is 15.0. The number of nitrogens with zero attached hydrogens (tertiary/aromatic N) is 3. The fourth-order valence-corrected chi connectivity index (χ4v) is 4.79. The molecule has 1 saturated heterocycles. The van der Waals surface area contributed by atoms with Crippen LogP contribution in [0.4, 0.5) is 4.39 Å². The van der Waals surface area contributed by atoms with Crippen LogP contribution < -0.4 is 4.74 Å². The van der Waals surface area contributed by atoms with Crippen LogP contribution in [0.25, 0.3) is 16.9 Å². The van der Waals surface area contributed by atoms with E-state index in [4.69, 9.17) is 14.6 Å². The van der Waals surface area contributed by atoms with E-state index in [9.17, 15) is 9.18 Å². The zero-order chi connectivity index (χ0) is 26.8. The molecule has 1 aliphatic rings. The topological polar surface area (TPSA) is 56.6 Å². The molecule has 4 aromatic rings. The van der Waals surface area contributed by atoms with Gasteiger partial charge in [0.1, 0.15) is 23.4 Å². The van der Waals surface area contributed by atoms with Gasteiger partial charge in [0, 0.05) is 28.3 Å². The van der Waals surface area contributed by atoms with E-state index in [1.807, 2.05) is 68.6 Å². The molecule has 8 heteroatoms. The lowest BCUT2D eigenvalue weighted by molar-refractivity contribution is -0.130. The van der Waals surface area contributed by atoms with E-state index in [1.54, 1.807) is 28.6 Å². The third-order valence-electron chi connectivity index (χ3n) is 6.40. The fourth-order valence-electron chi connectivity index (χ4n) is 4.53. The SMILES string of the molecule is CC(C)Oc1ccc(CCN2C(=O)[C@@H](C)O[C@H]2c2cn(-c3ccc(Br)cc3)nc2-c2ccc(F)cc2)cc1. The minimum absolute atomic E-state index is 0.0730. The van der Waals surface area contributed by atoms with E-state index in [2.05, 4.69) is 15.9 Å². The number of aromatic nitrogens is 2. The van der Waals surface area contributed by atoms with Crippen LogP contribution in [0.3, 0.4) is 0 Å². The molecule has 0 radical (unpaired) electrons. The molecule has 0 saturated carbocycles. The number of hydrogen-bond donors (Lipinski definition) is 0. The Labute approximate surface area is 230 Å². The van der Waals surface area contributed by atoms with Crippen molar-refractivity contribution >= 4 is 21.8 Å². The van der Waals surface area contributed by atoms with Crippen molar-refractivity contribution in [2.24, 2.45) is 0 Å². The minimum atomic E-state index is -0.620. The Bertz CT molecular complexity index is 1400. The molecular weight excluding hydrogens is 549 g/mol. The van der Waals surface area contributed by atoms with Crippen LogP contribution in [0.2, 0.25) is 0 Å². The van der Waals surface area contributed by atoms with Crippen molar-refractivity contribution in [3.05, 3.63) is 100 Å². The Kier molecular flexibility index (Phi) is 7.63. The molecule has 1 aliphatic heterocycles. The van der Waals surface area contributed by atoms with Gasteiger partial charge >= 0.3 is 0 Å². The molecule has 5 rings (SSSR count). The third kappa shape index (κ3) is 5.66. The standard InChI is InChI=1S/C30H29BrFN3O3/c1-19(2)37-26-14-4-21(5-15-26)16-17-34-29(36)20(3)38-30(34)27-18-35(25-12-8-23(31)9-13-25)33-28(27)22-6-10-24(32)11-7-22/h4-15,18-20,30H,16-17H2,1-3H3/t20-,30+/m1/s1. The average molecular weight is 578 g/mol. The van der Waals surface area contributed by atoms with Gasteiger partial charge in [0.25, 0.3) is 5.91 Å². The zero-order valence-electron chi connectivity index (χ0n) is 21.5. The second-order valence-corrected chi connectivity index (χ2v) is 10.5. The van der Waals surface area contributed by atoms with E-state index in [0.717, 1.165) is 32.6 Å². The lowest BCUT2D eigenvalue weighted by atomic mass is 10.1. The van der Waals surface area contributed by atoms with E-state index in [0.29, 0.717) is 18.7 Å². The summed E-state index contributed by atoms with van der Waals surface area (Å²) in [6.07, 6.45) is 1.45. The maximum absolute atomic E-state index is 13.7. The maximum atomic E-state index is 13.7. The van der Waals surface area contributed by atoms with E-state index in [-0.39, 0.29) is 17.8 Å². The zero-order valence-corrected chi connectivity index (χ0v) is 23.1. The first-order chi connectivity index (χ1) is 18.3. The van der Waals surface area contributed by atoms with Crippen molar-refractivity contribution in [2.75, 3.05) is 6.54 Å². The van der Waals surface area contributed by atoms with E-state index < -0.39 is 12.3 Å². The van der Waals surface area contributed by atoms with Crippen molar-refractivity contribution in [1.82, 2.24) is 14.7 Å². The van der Waals surface area contributed by atoms with Gasteiger partial charge in [-0.1, -0.05) is 28.1 Å². The molecule has 0 N–H and O–H groups in total. The second-order valence-electron chi connectivity index (χ2n) is 9.58. The fraction of sp³-hybridized carbons (Fsp3) is 0.267. The van der Waals surface area contributed by atoms with Gasteiger partial charge in [-0.3, -0.25) is 4.79 Å². The number of amides is 1. The van der Waals surface area contributed by atoms with E-state index in [1.165, 1.54) is 12.1 Å². The molecule has 0 unspecified atom stereocenters. The molecule has 1 fully saturated rings. The summed E-state index contributed by atoms with van der Waals surface area (Å²) >= 11 is 3.47. The Morgan fingerprint density at radius 2 is 1.71 bits per heavy atom. The molecule has 6 nitrogen and oxygen atoms in total. The number of carbonyl (C=O) groups excluding carboxylic acids is 1. The highest BCUT2D eigenvalue weighted by Crippen LogP contribution is 2.37. The van der Waals surface area contributed by atoms with Crippen LogP contribution in [-0.2, 0) is 16.0 Å². The van der Waals surface area contributed by atoms with Gasteiger partial charge in [-0.25, -0.2) is 9.07 Å².